The zero-order valence-corrected chi connectivity index (χ0v) is 9.81. The molecule has 3 heteroatoms. The largest absolute Gasteiger partial charge is 0.481 e. The van der Waals surface area contributed by atoms with Crippen molar-refractivity contribution in [3.8, 4) is 0 Å². The summed E-state index contributed by atoms with van der Waals surface area (Å²) in [7, 11) is 0. The lowest BCUT2D eigenvalue weighted by molar-refractivity contribution is -0.137. The van der Waals surface area contributed by atoms with Gasteiger partial charge >= 0.3 is 5.97 Å². The van der Waals surface area contributed by atoms with Crippen molar-refractivity contribution in [1.82, 2.24) is 5.32 Å². The number of nitrogens with one attached hydrogen (secondary N) is 1. The van der Waals surface area contributed by atoms with Gasteiger partial charge in [0.05, 0.1) is 0 Å². The SMILES string of the molecule is C[C@@H](CN[C@@H](C)c1ccccc1)CC(=O)O. The molecule has 1 aromatic rings. The number of benzene rings is 1. The molecular formula is C13H19NO2. The summed E-state index contributed by atoms with van der Waals surface area (Å²) in [6.45, 7) is 4.75. The van der Waals surface area contributed by atoms with Crippen LogP contribution in [0.2, 0.25) is 0 Å². The van der Waals surface area contributed by atoms with Crippen LogP contribution in [0.1, 0.15) is 31.9 Å². The van der Waals surface area contributed by atoms with E-state index >= 15 is 0 Å². The molecule has 0 heterocycles. The minimum Gasteiger partial charge on any atom is -0.481 e. The lowest BCUT2D eigenvalue weighted by Crippen LogP contribution is -2.25. The highest BCUT2D eigenvalue weighted by Gasteiger charge is 2.09. The number of aliphatic carboxylic acids is 1. The van der Waals surface area contributed by atoms with Crippen LogP contribution < -0.4 is 5.32 Å². The second-order valence-corrected chi connectivity index (χ2v) is 4.24. The van der Waals surface area contributed by atoms with Crippen molar-refractivity contribution >= 4 is 5.97 Å². The zero-order valence-electron chi connectivity index (χ0n) is 9.81. The zero-order chi connectivity index (χ0) is 12.0. The van der Waals surface area contributed by atoms with E-state index in [4.69, 9.17) is 5.11 Å². The van der Waals surface area contributed by atoms with Gasteiger partial charge in [-0.25, -0.2) is 0 Å². The standard InChI is InChI=1S/C13H19NO2/c1-10(8-13(15)16)9-14-11(2)12-6-4-3-5-7-12/h3-7,10-11,14H,8-9H2,1-2H3,(H,15,16)/t10-,11+/m1/s1. The number of carbonyl (C=O) groups is 1. The number of hydrogen-bond donors (Lipinski definition) is 2. The van der Waals surface area contributed by atoms with Gasteiger partial charge in [0.25, 0.3) is 0 Å². The molecule has 0 radical (unpaired) electrons. The number of hydrogen-bond acceptors (Lipinski definition) is 2. The van der Waals surface area contributed by atoms with E-state index in [1.165, 1.54) is 5.56 Å². The Morgan fingerprint density at radius 2 is 1.94 bits per heavy atom. The predicted molar refractivity (Wildman–Crippen MR) is 64.3 cm³/mol. The second-order valence-electron chi connectivity index (χ2n) is 4.24. The summed E-state index contributed by atoms with van der Waals surface area (Å²) in [5.74, 6) is -0.578. The lowest BCUT2D eigenvalue weighted by atomic mass is 10.1. The third kappa shape index (κ3) is 4.45. The topological polar surface area (TPSA) is 49.3 Å². The monoisotopic (exact) mass is 221 g/mol. The van der Waals surface area contributed by atoms with Crippen molar-refractivity contribution in [2.45, 2.75) is 26.3 Å². The van der Waals surface area contributed by atoms with Crippen LogP contribution in [0, 0.1) is 5.92 Å². The first-order valence-corrected chi connectivity index (χ1v) is 5.59. The Hall–Kier alpha value is -1.35. The van der Waals surface area contributed by atoms with Gasteiger partial charge in [0.15, 0.2) is 0 Å². The normalized spacial score (nSPS) is 14.4. The van der Waals surface area contributed by atoms with Gasteiger partial charge in [0, 0.05) is 12.5 Å². The van der Waals surface area contributed by atoms with E-state index in [9.17, 15) is 4.79 Å². The lowest BCUT2D eigenvalue weighted by Gasteiger charge is -2.17. The van der Waals surface area contributed by atoms with Gasteiger partial charge in [-0.15, -0.1) is 0 Å². The Morgan fingerprint density at radius 1 is 1.31 bits per heavy atom. The molecule has 0 aliphatic rings. The highest BCUT2D eigenvalue weighted by atomic mass is 16.4. The molecule has 0 saturated heterocycles. The summed E-state index contributed by atoms with van der Waals surface area (Å²) >= 11 is 0. The maximum atomic E-state index is 10.5. The first-order chi connectivity index (χ1) is 7.59. The van der Waals surface area contributed by atoms with E-state index in [-0.39, 0.29) is 18.4 Å². The van der Waals surface area contributed by atoms with Crippen molar-refractivity contribution in [3.63, 3.8) is 0 Å². The van der Waals surface area contributed by atoms with Crippen LogP contribution in [0.15, 0.2) is 30.3 Å². The van der Waals surface area contributed by atoms with Crippen LogP contribution in [0.5, 0.6) is 0 Å². The Kier molecular flexibility index (Phi) is 4.99. The molecule has 1 aromatic carbocycles. The van der Waals surface area contributed by atoms with Gasteiger partial charge in [0.1, 0.15) is 0 Å². The van der Waals surface area contributed by atoms with Crippen LogP contribution in [0.3, 0.4) is 0 Å². The molecule has 3 nitrogen and oxygen atoms in total. The van der Waals surface area contributed by atoms with Gasteiger partial charge < -0.3 is 10.4 Å². The highest BCUT2D eigenvalue weighted by molar-refractivity contribution is 5.66. The summed E-state index contributed by atoms with van der Waals surface area (Å²) < 4.78 is 0. The Morgan fingerprint density at radius 3 is 2.50 bits per heavy atom. The fraction of sp³-hybridized carbons (Fsp3) is 0.462. The number of carboxylic acids is 1. The molecule has 0 saturated carbocycles. The van der Waals surface area contributed by atoms with E-state index < -0.39 is 5.97 Å². The molecule has 0 aliphatic carbocycles. The fourth-order valence-electron chi connectivity index (χ4n) is 1.61. The first-order valence-electron chi connectivity index (χ1n) is 5.59. The molecule has 2 N–H and O–H groups in total. The molecule has 0 spiro atoms. The fourth-order valence-corrected chi connectivity index (χ4v) is 1.61. The van der Waals surface area contributed by atoms with Crippen LogP contribution in [0.25, 0.3) is 0 Å². The van der Waals surface area contributed by atoms with E-state index in [2.05, 4.69) is 24.4 Å². The maximum absolute atomic E-state index is 10.5. The highest BCUT2D eigenvalue weighted by Crippen LogP contribution is 2.12. The van der Waals surface area contributed by atoms with Crippen molar-refractivity contribution in [1.29, 1.82) is 0 Å². The molecule has 0 unspecified atom stereocenters. The molecule has 16 heavy (non-hydrogen) atoms. The molecule has 0 aromatic heterocycles. The van der Waals surface area contributed by atoms with Crippen molar-refractivity contribution in [2.75, 3.05) is 6.54 Å². The first kappa shape index (κ1) is 12.7. The molecule has 1 rings (SSSR count). The Bertz CT molecular complexity index is 324. The van der Waals surface area contributed by atoms with E-state index in [0.717, 1.165) is 6.54 Å². The summed E-state index contributed by atoms with van der Waals surface area (Å²) in [4.78, 5) is 10.5. The number of rotatable bonds is 6. The van der Waals surface area contributed by atoms with Crippen molar-refractivity contribution in [3.05, 3.63) is 35.9 Å². The maximum Gasteiger partial charge on any atom is 0.303 e. The van der Waals surface area contributed by atoms with E-state index in [1.54, 1.807) is 0 Å². The molecule has 0 bridgehead atoms. The molecule has 88 valence electrons. The average Bonchev–Trinajstić information content (AvgIpc) is 2.26. The van der Waals surface area contributed by atoms with E-state index in [0.29, 0.717) is 0 Å². The van der Waals surface area contributed by atoms with E-state index in [1.807, 2.05) is 25.1 Å². The smallest absolute Gasteiger partial charge is 0.303 e. The minimum absolute atomic E-state index is 0.156. The van der Waals surface area contributed by atoms with Gasteiger partial charge in [-0.2, -0.15) is 0 Å². The van der Waals surface area contributed by atoms with Gasteiger partial charge in [0.2, 0.25) is 0 Å². The molecule has 2 atom stereocenters. The second kappa shape index (κ2) is 6.28. The van der Waals surface area contributed by atoms with Crippen LogP contribution in [-0.2, 0) is 4.79 Å². The number of carboxylic acid groups (broad SMARTS) is 1. The summed E-state index contributed by atoms with van der Waals surface area (Å²) in [6, 6.07) is 10.4. The van der Waals surface area contributed by atoms with Crippen LogP contribution in [-0.4, -0.2) is 17.6 Å². The van der Waals surface area contributed by atoms with Gasteiger partial charge in [-0.3, -0.25) is 4.79 Å². The Labute approximate surface area is 96.5 Å². The Balaban J connectivity index is 2.35. The van der Waals surface area contributed by atoms with Crippen LogP contribution in [0.4, 0.5) is 0 Å². The quantitative estimate of drug-likeness (QED) is 0.775. The van der Waals surface area contributed by atoms with Gasteiger partial charge in [-0.1, -0.05) is 37.3 Å². The van der Waals surface area contributed by atoms with Crippen molar-refractivity contribution < 1.29 is 9.90 Å². The average molecular weight is 221 g/mol. The third-order valence-electron chi connectivity index (χ3n) is 2.60. The minimum atomic E-state index is -0.735. The molecular weight excluding hydrogens is 202 g/mol. The van der Waals surface area contributed by atoms with Crippen LogP contribution >= 0.6 is 0 Å². The summed E-state index contributed by atoms with van der Waals surface area (Å²) in [6.07, 6.45) is 0.217. The molecule has 0 aliphatic heterocycles. The molecule has 0 fully saturated rings. The third-order valence-corrected chi connectivity index (χ3v) is 2.60. The molecule has 0 amide bonds. The van der Waals surface area contributed by atoms with Crippen molar-refractivity contribution in [2.24, 2.45) is 5.92 Å². The predicted octanol–water partition coefficient (Wildman–Crippen LogP) is 2.45. The summed E-state index contributed by atoms with van der Waals surface area (Å²) in [5.41, 5.74) is 1.23. The van der Waals surface area contributed by atoms with Gasteiger partial charge in [-0.05, 0) is 24.9 Å². The summed E-state index contributed by atoms with van der Waals surface area (Å²) in [5, 5.41) is 12.0.